The van der Waals surface area contributed by atoms with E-state index in [1.807, 2.05) is 20.8 Å². The summed E-state index contributed by atoms with van der Waals surface area (Å²) in [6.07, 6.45) is 0.888. The summed E-state index contributed by atoms with van der Waals surface area (Å²) >= 11 is 0. The van der Waals surface area contributed by atoms with Crippen molar-refractivity contribution >= 4 is 11.7 Å². The molecule has 19 heavy (non-hydrogen) atoms. The second kappa shape index (κ2) is 6.92. The standard InChI is InChI=1S/C13H22N4O2/c1-5-6-14-13(19)9(4)15-10-7-11(18)17-12(16-10)8(2)3/h7-9H,5-6H2,1-4H3,(H,14,19)(H2,15,16,17,18). The number of aromatic nitrogens is 2. The molecule has 1 atom stereocenters. The highest BCUT2D eigenvalue weighted by Crippen LogP contribution is 2.09. The lowest BCUT2D eigenvalue weighted by atomic mass is 10.2. The van der Waals surface area contributed by atoms with E-state index in [9.17, 15) is 9.59 Å². The van der Waals surface area contributed by atoms with Crippen molar-refractivity contribution in [2.45, 2.75) is 46.1 Å². The van der Waals surface area contributed by atoms with E-state index in [0.717, 1.165) is 6.42 Å². The fourth-order valence-corrected chi connectivity index (χ4v) is 1.51. The van der Waals surface area contributed by atoms with E-state index in [4.69, 9.17) is 0 Å². The maximum absolute atomic E-state index is 11.7. The molecule has 3 N–H and O–H groups in total. The van der Waals surface area contributed by atoms with Crippen LogP contribution in [0.2, 0.25) is 0 Å². The van der Waals surface area contributed by atoms with E-state index in [1.165, 1.54) is 6.07 Å². The van der Waals surface area contributed by atoms with Gasteiger partial charge in [0, 0.05) is 18.5 Å². The molecule has 0 aliphatic heterocycles. The van der Waals surface area contributed by atoms with E-state index in [1.54, 1.807) is 6.92 Å². The van der Waals surface area contributed by atoms with Crippen LogP contribution in [0, 0.1) is 0 Å². The predicted molar refractivity (Wildman–Crippen MR) is 75.3 cm³/mol. The number of hydrogen-bond donors (Lipinski definition) is 3. The van der Waals surface area contributed by atoms with Gasteiger partial charge in [0.05, 0.1) is 0 Å². The topological polar surface area (TPSA) is 86.9 Å². The van der Waals surface area contributed by atoms with Crippen LogP contribution in [0.5, 0.6) is 0 Å². The molecule has 0 spiro atoms. The van der Waals surface area contributed by atoms with Crippen LogP contribution in [0.25, 0.3) is 0 Å². The first-order chi connectivity index (χ1) is 8.93. The summed E-state index contributed by atoms with van der Waals surface area (Å²) in [5, 5.41) is 5.73. The molecule has 0 aliphatic carbocycles. The van der Waals surface area contributed by atoms with Gasteiger partial charge in [-0.25, -0.2) is 4.98 Å². The summed E-state index contributed by atoms with van der Waals surface area (Å²) in [5.41, 5.74) is -0.220. The summed E-state index contributed by atoms with van der Waals surface area (Å²) < 4.78 is 0. The Bertz CT molecular complexity index is 482. The third-order valence-electron chi connectivity index (χ3n) is 2.61. The molecule has 0 aliphatic rings. The molecule has 6 nitrogen and oxygen atoms in total. The second-order valence-electron chi connectivity index (χ2n) is 4.83. The predicted octanol–water partition coefficient (Wildman–Crippen LogP) is 1.22. The SMILES string of the molecule is CCCNC(=O)C(C)Nc1cc(=O)[nH]c(C(C)C)n1. The van der Waals surface area contributed by atoms with E-state index in [0.29, 0.717) is 18.2 Å². The van der Waals surface area contributed by atoms with Crippen LogP contribution >= 0.6 is 0 Å². The minimum absolute atomic E-state index is 0.102. The maximum atomic E-state index is 11.7. The van der Waals surface area contributed by atoms with E-state index >= 15 is 0 Å². The zero-order valence-corrected chi connectivity index (χ0v) is 11.9. The Morgan fingerprint density at radius 1 is 1.42 bits per heavy atom. The fourth-order valence-electron chi connectivity index (χ4n) is 1.51. The molecular weight excluding hydrogens is 244 g/mol. The van der Waals surface area contributed by atoms with Gasteiger partial charge in [0.2, 0.25) is 5.91 Å². The lowest BCUT2D eigenvalue weighted by molar-refractivity contribution is -0.121. The van der Waals surface area contributed by atoms with Crippen molar-refractivity contribution in [2.24, 2.45) is 0 Å². The van der Waals surface area contributed by atoms with E-state index in [2.05, 4.69) is 20.6 Å². The Balaban J connectivity index is 2.76. The average Bonchev–Trinajstić information content (AvgIpc) is 2.34. The van der Waals surface area contributed by atoms with Gasteiger partial charge in [0.25, 0.3) is 5.56 Å². The summed E-state index contributed by atoms with van der Waals surface area (Å²) in [4.78, 5) is 30.2. The highest BCUT2D eigenvalue weighted by atomic mass is 16.2. The van der Waals surface area contributed by atoms with Crippen molar-refractivity contribution < 1.29 is 4.79 Å². The fraction of sp³-hybridized carbons (Fsp3) is 0.615. The van der Waals surface area contributed by atoms with Crippen LogP contribution in [0.1, 0.15) is 45.9 Å². The first kappa shape index (κ1) is 15.2. The quantitative estimate of drug-likeness (QED) is 0.722. The normalized spacial score (nSPS) is 12.3. The zero-order chi connectivity index (χ0) is 14.4. The highest BCUT2D eigenvalue weighted by Gasteiger charge is 2.13. The van der Waals surface area contributed by atoms with Gasteiger partial charge in [-0.15, -0.1) is 0 Å². The summed E-state index contributed by atoms with van der Waals surface area (Å²) in [7, 11) is 0. The van der Waals surface area contributed by atoms with Gasteiger partial charge in [-0.2, -0.15) is 0 Å². The van der Waals surface area contributed by atoms with Crippen molar-refractivity contribution in [1.29, 1.82) is 0 Å². The molecule has 0 radical (unpaired) electrons. The molecule has 0 saturated carbocycles. The Morgan fingerprint density at radius 3 is 2.68 bits per heavy atom. The largest absolute Gasteiger partial charge is 0.358 e. The van der Waals surface area contributed by atoms with Gasteiger partial charge in [-0.1, -0.05) is 20.8 Å². The molecule has 1 amide bonds. The van der Waals surface area contributed by atoms with Crippen LogP contribution < -0.4 is 16.2 Å². The lowest BCUT2D eigenvalue weighted by Crippen LogP contribution is -2.38. The summed E-state index contributed by atoms with van der Waals surface area (Å²) in [5.74, 6) is 1.05. The molecule has 1 heterocycles. The zero-order valence-electron chi connectivity index (χ0n) is 11.9. The Labute approximate surface area is 113 Å². The van der Waals surface area contributed by atoms with Crippen LogP contribution in [-0.2, 0) is 4.79 Å². The molecular formula is C13H22N4O2. The minimum atomic E-state index is -0.430. The van der Waals surface area contributed by atoms with Gasteiger partial charge < -0.3 is 15.6 Å². The van der Waals surface area contributed by atoms with Crippen molar-refractivity contribution in [3.8, 4) is 0 Å². The number of rotatable bonds is 6. The molecule has 1 unspecified atom stereocenters. The first-order valence-corrected chi connectivity index (χ1v) is 6.59. The van der Waals surface area contributed by atoms with Crippen molar-refractivity contribution in [2.75, 3.05) is 11.9 Å². The van der Waals surface area contributed by atoms with Gasteiger partial charge in [-0.05, 0) is 13.3 Å². The lowest BCUT2D eigenvalue weighted by Gasteiger charge is -2.15. The number of nitrogens with zero attached hydrogens (tertiary/aromatic N) is 1. The third kappa shape index (κ3) is 4.73. The van der Waals surface area contributed by atoms with Gasteiger partial charge in [-0.3, -0.25) is 9.59 Å². The summed E-state index contributed by atoms with van der Waals surface area (Å²) in [6.45, 7) is 8.26. The molecule has 106 valence electrons. The van der Waals surface area contributed by atoms with Gasteiger partial charge in [0.15, 0.2) is 0 Å². The van der Waals surface area contributed by atoms with Crippen LogP contribution in [0.3, 0.4) is 0 Å². The average molecular weight is 266 g/mol. The third-order valence-corrected chi connectivity index (χ3v) is 2.61. The molecule has 0 fully saturated rings. The molecule has 1 rings (SSSR count). The number of hydrogen-bond acceptors (Lipinski definition) is 4. The Kier molecular flexibility index (Phi) is 5.54. The number of carbonyl (C=O) groups excluding carboxylic acids is 1. The van der Waals surface area contributed by atoms with Crippen molar-refractivity contribution in [3.63, 3.8) is 0 Å². The Morgan fingerprint density at radius 2 is 2.11 bits per heavy atom. The van der Waals surface area contributed by atoms with Crippen molar-refractivity contribution in [3.05, 3.63) is 22.2 Å². The molecule has 6 heteroatoms. The minimum Gasteiger partial charge on any atom is -0.358 e. The number of nitrogens with one attached hydrogen (secondary N) is 3. The highest BCUT2D eigenvalue weighted by molar-refractivity contribution is 5.83. The molecule has 0 aromatic carbocycles. The first-order valence-electron chi connectivity index (χ1n) is 6.59. The number of carbonyl (C=O) groups is 1. The smallest absolute Gasteiger partial charge is 0.252 e. The van der Waals surface area contributed by atoms with Crippen LogP contribution in [0.15, 0.2) is 10.9 Å². The molecule has 1 aromatic heterocycles. The monoisotopic (exact) mass is 266 g/mol. The summed E-state index contributed by atoms with van der Waals surface area (Å²) in [6, 6.07) is 0.927. The van der Waals surface area contributed by atoms with E-state index in [-0.39, 0.29) is 17.4 Å². The van der Waals surface area contributed by atoms with Crippen LogP contribution in [-0.4, -0.2) is 28.5 Å². The van der Waals surface area contributed by atoms with Crippen molar-refractivity contribution in [1.82, 2.24) is 15.3 Å². The Hall–Kier alpha value is -1.85. The molecule has 1 aromatic rings. The van der Waals surface area contributed by atoms with Crippen LogP contribution in [0.4, 0.5) is 5.82 Å². The number of anilines is 1. The van der Waals surface area contributed by atoms with Gasteiger partial charge >= 0.3 is 0 Å². The number of aromatic amines is 1. The number of amides is 1. The number of H-pyrrole nitrogens is 1. The van der Waals surface area contributed by atoms with E-state index < -0.39 is 6.04 Å². The second-order valence-corrected chi connectivity index (χ2v) is 4.83. The maximum Gasteiger partial charge on any atom is 0.252 e. The molecule has 0 saturated heterocycles. The molecule has 0 bridgehead atoms. The van der Waals surface area contributed by atoms with Gasteiger partial charge in [0.1, 0.15) is 17.7 Å².